The first kappa shape index (κ1) is 20.1. The van der Waals surface area contributed by atoms with Crippen molar-refractivity contribution >= 4 is 51.5 Å². The lowest BCUT2D eigenvalue weighted by Crippen LogP contribution is -2.54. The second-order valence-corrected chi connectivity index (χ2v) is 6.68. The normalized spacial score (nSPS) is 15.4. The van der Waals surface area contributed by atoms with E-state index in [1.165, 1.54) is 48.5 Å². The molecule has 2 aromatic rings. The molecule has 1 heterocycles. The highest BCUT2D eigenvalue weighted by Gasteiger charge is 2.36. The summed E-state index contributed by atoms with van der Waals surface area (Å²) in [5.74, 6) is -2.89. The molecule has 0 saturated carbocycles. The molecule has 29 heavy (non-hydrogen) atoms. The van der Waals surface area contributed by atoms with Gasteiger partial charge in [-0.3, -0.25) is 14.9 Å². The second-order valence-electron chi connectivity index (χ2n) is 5.82. The summed E-state index contributed by atoms with van der Waals surface area (Å²) in [5.41, 5.74) is 0.320. The number of anilines is 1. The summed E-state index contributed by atoms with van der Waals surface area (Å²) in [6.45, 7) is -0.635. The second kappa shape index (κ2) is 8.15. The van der Waals surface area contributed by atoms with Gasteiger partial charge in [-0.1, -0.05) is 6.07 Å². The number of aliphatic carboxylic acids is 1. The molecule has 1 aliphatic heterocycles. The number of nitrogens with one attached hydrogen (secondary N) is 1. The Hall–Kier alpha value is -3.66. The molecule has 2 N–H and O–H groups in total. The molecular formula is C19H12BrN2O7-. The fourth-order valence-electron chi connectivity index (χ4n) is 2.52. The number of benzene rings is 2. The minimum absolute atomic E-state index is 0.0451. The highest BCUT2D eigenvalue weighted by atomic mass is 79.9. The van der Waals surface area contributed by atoms with Crippen molar-refractivity contribution in [1.29, 1.82) is 0 Å². The van der Waals surface area contributed by atoms with Crippen LogP contribution < -0.4 is 20.1 Å². The van der Waals surface area contributed by atoms with Crippen molar-refractivity contribution in [3.8, 4) is 11.5 Å². The van der Waals surface area contributed by atoms with Gasteiger partial charge >= 0.3 is 6.03 Å². The molecule has 0 bridgehead atoms. The number of phenols is 1. The number of carboxylic acid groups (broad SMARTS) is 1. The van der Waals surface area contributed by atoms with Crippen LogP contribution in [-0.4, -0.2) is 35.5 Å². The van der Waals surface area contributed by atoms with E-state index < -0.39 is 30.4 Å². The van der Waals surface area contributed by atoms with Gasteiger partial charge in [-0.2, -0.15) is 0 Å². The number of barbiturate groups is 1. The lowest BCUT2D eigenvalue weighted by molar-refractivity contribution is -0.307. The van der Waals surface area contributed by atoms with Crippen LogP contribution in [0.4, 0.5) is 10.5 Å². The number of amides is 4. The van der Waals surface area contributed by atoms with Crippen LogP contribution in [0.15, 0.2) is 52.5 Å². The number of carbonyl (C=O) groups excluding carboxylic acids is 4. The number of carbonyl (C=O) groups is 4. The monoisotopic (exact) mass is 459 g/mol. The number of halogens is 1. The fraction of sp³-hybridized carbons (Fsp3) is 0.0526. The zero-order valence-electron chi connectivity index (χ0n) is 14.5. The molecule has 2 aromatic carbocycles. The Morgan fingerprint density at radius 1 is 1.17 bits per heavy atom. The molecule has 1 saturated heterocycles. The van der Waals surface area contributed by atoms with E-state index in [1.54, 1.807) is 0 Å². The Balaban J connectivity index is 1.91. The zero-order valence-corrected chi connectivity index (χ0v) is 16.1. The number of hydrogen-bond acceptors (Lipinski definition) is 7. The summed E-state index contributed by atoms with van der Waals surface area (Å²) < 4.78 is 5.43. The van der Waals surface area contributed by atoms with E-state index in [1.807, 2.05) is 0 Å². The molecule has 10 heteroatoms. The minimum Gasteiger partial charge on any atom is -0.546 e. The van der Waals surface area contributed by atoms with E-state index in [0.717, 1.165) is 4.90 Å². The van der Waals surface area contributed by atoms with Crippen LogP contribution in [0.5, 0.6) is 11.5 Å². The molecule has 9 nitrogen and oxygen atoms in total. The number of ether oxygens (including phenoxy) is 1. The van der Waals surface area contributed by atoms with Crippen LogP contribution in [0.25, 0.3) is 6.08 Å². The molecule has 148 valence electrons. The van der Waals surface area contributed by atoms with Gasteiger partial charge in [-0.25, -0.2) is 9.69 Å². The van der Waals surface area contributed by atoms with Crippen LogP contribution >= 0.6 is 15.9 Å². The van der Waals surface area contributed by atoms with Crippen LogP contribution in [0.1, 0.15) is 5.56 Å². The molecule has 0 aromatic heterocycles. The van der Waals surface area contributed by atoms with Crippen molar-refractivity contribution in [3.63, 3.8) is 0 Å². The van der Waals surface area contributed by atoms with E-state index in [-0.39, 0.29) is 22.8 Å². The Morgan fingerprint density at radius 2 is 1.86 bits per heavy atom. The number of phenolic OH excluding ortho intramolecular Hbond substituents is 1. The highest BCUT2D eigenvalue weighted by molar-refractivity contribution is 9.10. The molecule has 0 aliphatic carbocycles. The third kappa shape index (κ3) is 4.43. The first-order valence-corrected chi connectivity index (χ1v) is 8.88. The smallest absolute Gasteiger partial charge is 0.335 e. The average molecular weight is 460 g/mol. The van der Waals surface area contributed by atoms with Gasteiger partial charge in [-0.05, 0) is 64.0 Å². The third-order valence-corrected chi connectivity index (χ3v) is 4.44. The number of hydrogen-bond donors (Lipinski definition) is 2. The van der Waals surface area contributed by atoms with Gasteiger partial charge < -0.3 is 19.7 Å². The predicted molar refractivity (Wildman–Crippen MR) is 102 cm³/mol. The Bertz CT molecular complexity index is 1050. The molecule has 1 aliphatic rings. The van der Waals surface area contributed by atoms with Gasteiger partial charge in [0.2, 0.25) is 0 Å². The Labute approximate surface area is 172 Å². The number of carboxylic acids is 1. The third-order valence-electron chi connectivity index (χ3n) is 3.82. The highest BCUT2D eigenvalue weighted by Crippen LogP contribution is 2.28. The number of imide groups is 2. The SMILES string of the molecule is O=C([O-])COc1ccc(/C=C2\C(=O)NC(=O)N(c3ccc(O)cc3)C2=O)cc1Br. The topological polar surface area (TPSA) is 136 Å². The maximum absolute atomic E-state index is 12.8. The lowest BCUT2D eigenvalue weighted by Gasteiger charge is -2.26. The van der Waals surface area contributed by atoms with Gasteiger partial charge in [0.05, 0.1) is 16.1 Å². The summed E-state index contributed by atoms with van der Waals surface area (Å²) >= 11 is 3.22. The molecule has 0 unspecified atom stereocenters. The molecule has 0 spiro atoms. The Morgan fingerprint density at radius 3 is 2.48 bits per heavy atom. The molecule has 1 fully saturated rings. The summed E-state index contributed by atoms with van der Waals surface area (Å²) in [6, 6.07) is 8.89. The standard InChI is InChI=1S/C19H13BrN2O7/c20-14-8-10(1-6-15(14)29-9-16(24)25)7-13-17(26)21-19(28)22(18(13)27)11-2-4-12(23)5-3-11/h1-8,23H,9H2,(H,24,25)(H,21,26,28)/p-1/b13-7+. The van der Waals surface area contributed by atoms with Crippen molar-refractivity contribution in [2.45, 2.75) is 0 Å². The van der Waals surface area contributed by atoms with Crippen LogP contribution in [0.3, 0.4) is 0 Å². The summed E-state index contributed by atoms with van der Waals surface area (Å²) in [5, 5.41) is 22.0. The zero-order chi connectivity index (χ0) is 21.1. The molecule has 0 atom stereocenters. The van der Waals surface area contributed by atoms with Gasteiger partial charge in [0.25, 0.3) is 11.8 Å². The quantitative estimate of drug-likeness (QED) is 0.501. The molecular weight excluding hydrogens is 448 g/mol. The largest absolute Gasteiger partial charge is 0.546 e. The predicted octanol–water partition coefficient (Wildman–Crippen LogP) is 0.950. The van der Waals surface area contributed by atoms with Crippen molar-refractivity contribution in [1.82, 2.24) is 5.32 Å². The maximum atomic E-state index is 12.8. The fourth-order valence-corrected chi connectivity index (χ4v) is 3.03. The van der Waals surface area contributed by atoms with Crippen molar-refractivity contribution in [2.24, 2.45) is 0 Å². The van der Waals surface area contributed by atoms with E-state index in [9.17, 15) is 29.4 Å². The van der Waals surface area contributed by atoms with E-state index in [4.69, 9.17) is 4.74 Å². The van der Waals surface area contributed by atoms with Crippen molar-refractivity contribution < 1.29 is 34.1 Å². The number of nitrogens with zero attached hydrogens (tertiary/aromatic N) is 1. The van der Waals surface area contributed by atoms with E-state index in [0.29, 0.717) is 10.0 Å². The Kier molecular flexibility index (Phi) is 5.64. The van der Waals surface area contributed by atoms with E-state index >= 15 is 0 Å². The number of aromatic hydroxyl groups is 1. The first-order valence-electron chi connectivity index (χ1n) is 8.09. The first-order chi connectivity index (χ1) is 13.8. The van der Waals surface area contributed by atoms with Gasteiger partial charge in [0.15, 0.2) is 0 Å². The summed E-state index contributed by atoms with van der Waals surface area (Å²) in [7, 11) is 0. The average Bonchev–Trinajstić information content (AvgIpc) is 2.65. The van der Waals surface area contributed by atoms with Gasteiger partial charge in [0.1, 0.15) is 23.7 Å². The molecule has 0 radical (unpaired) electrons. The molecule has 3 rings (SSSR count). The van der Waals surface area contributed by atoms with Crippen molar-refractivity contribution in [2.75, 3.05) is 11.5 Å². The van der Waals surface area contributed by atoms with Crippen molar-refractivity contribution in [3.05, 3.63) is 58.1 Å². The van der Waals surface area contributed by atoms with E-state index in [2.05, 4.69) is 21.2 Å². The maximum Gasteiger partial charge on any atom is 0.335 e. The van der Waals surface area contributed by atoms with Crippen LogP contribution in [0.2, 0.25) is 0 Å². The van der Waals surface area contributed by atoms with Crippen LogP contribution in [0, 0.1) is 0 Å². The van der Waals surface area contributed by atoms with Crippen LogP contribution in [-0.2, 0) is 14.4 Å². The lowest BCUT2D eigenvalue weighted by atomic mass is 10.1. The minimum atomic E-state index is -1.38. The van der Waals surface area contributed by atoms with Gasteiger partial charge in [-0.15, -0.1) is 0 Å². The number of rotatable bonds is 5. The number of urea groups is 1. The summed E-state index contributed by atoms with van der Waals surface area (Å²) in [6.07, 6.45) is 1.28. The molecule has 4 amide bonds. The summed E-state index contributed by atoms with van der Waals surface area (Å²) in [4.78, 5) is 48.4. The van der Waals surface area contributed by atoms with Gasteiger partial charge in [0, 0.05) is 0 Å².